The van der Waals surface area contributed by atoms with E-state index in [0.717, 1.165) is 15.2 Å². The summed E-state index contributed by atoms with van der Waals surface area (Å²) in [6.07, 6.45) is 0. The summed E-state index contributed by atoms with van der Waals surface area (Å²) >= 11 is 1.60. The van der Waals surface area contributed by atoms with E-state index in [-0.39, 0.29) is 11.8 Å². The molecule has 1 heterocycles. The number of ether oxygens (including phenoxy) is 1. The Morgan fingerprint density at radius 1 is 1.15 bits per heavy atom. The number of hydrogen-bond acceptors (Lipinski definition) is 5. The first-order valence-corrected chi connectivity index (χ1v) is 9.36. The minimum Gasteiger partial charge on any atom is -0.383 e. The normalized spacial score (nSPS) is 10.8. The van der Waals surface area contributed by atoms with E-state index in [9.17, 15) is 9.59 Å². The van der Waals surface area contributed by atoms with Crippen LogP contribution in [0.5, 0.6) is 0 Å². The van der Waals surface area contributed by atoms with E-state index in [1.165, 1.54) is 0 Å². The summed E-state index contributed by atoms with van der Waals surface area (Å²) in [7, 11) is 1.58. The quantitative estimate of drug-likeness (QED) is 0.638. The number of rotatable bonds is 6. The van der Waals surface area contributed by atoms with Gasteiger partial charge in [0, 0.05) is 30.5 Å². The monoisotopic (exact) mass is 383 g/mol. The van der Waals surface area contributed by atoms with Crippen LogP contribution in [0.3, 0.4) is 0 Å². The van der Waals surface area contributed by atoms with Crippen molar-refractivity contribution in [3.8, 4) is 0 Å². The largest absolute Gasteiger partial charge is 0.383 e. The number of hydrogen-bond donors (Lipinski definition) is 2. The molecule has 1 aromatic heterocycles. The predicted octanol–water partition coefficient (Wildman–Crippen LogP) is 3.54. The molecule has 0 saturated heterocycles. The van der Waals surface area contributed by atoms with Crippen LogP contribution in [0.4, 0.5) is 5.69 Å². The highest BCUT2D eigenvalue weighted by Gasteiger charge is 2.14. The van der Waals surface area contributed by atoms with Gasteiger partial charge in [-0.15, -0.1) is 11.3 Å². The van der Waals surface area contributed by atoms with Crippen LogP contribution in [0.25, 0.3) is 10.2 Å². The Bertz CT molecular complexity index is 997. The maximum absolute atomic E-state index is 12.7. The van der Waals surface area contributed by atoms with Gasteiger partial charge in [-0.05, 0) is 49.7 Å². The second kappa shape index (κ2) is 8.28. The molecule has 7 heteroatoms. The second-order valence-electron chi connectivity index (χ2n) is 6.10. The molecule has 6 nitrogen and oxygen atoms in total. The Balaban J connectivity index is 1.78. The molecule has 0 unspecified atom stereocenters. The molecule has 140 valence electrons. The van der Waals surface area contributed by atoms with E-state index in [4.69, 9.17) is 4.74 Å². The molecule has 0 aliphatic heterocycles. The molecule has 3 aromatic rings. The van der Waals surface area contributed by atoms with Gasteiger partial charge < -0.3 is 15.4 Å². The molecule has 0 fully saturated rings. The summed E-state index contributed by atoms with van der Waals surface area (Å²) in [5.74, 6) is -0.428. The minimum absolute atomic E-state index is 0.194. The Kier molecular flexibility index (Phi) is 5.83. The first kappa shape index (κ1) is 19.0. The van der Waals surface area contributed by atoms with Crippen molar-refractivity contribution in [3.63, 3.8) is 0 Å². The molecule has 0 saturated carbocycles. The van der Waals surface area contributed by atoms with Gasteiger partial charge in [-0.1, -0.05) is 6.07 Å². The highest BCUT2D eigenvalue weighted by Crippen LogP contribution is 2.24. The van der Waals surface area contributed by atoms with E-state index in [1.54, 1.807) is 48.8 Å². The van der Waals surface area contributed by atoms with Crippen LogP contribution in [0.1, 0.15) is 31.3 Å². The van der Waals surface area contributed by atoms with Crippen molar-refractivity contribution >= 4 is 39.1 Å². The van der Waals surface area contributed by atoms with Gasteiger partial charge in [-0.25, -0.2) is 4.98 Å². The Morgan fingerprint density at radius 3 is 2.74 bits per heavy atom. The summed E-state index contributed by atoms with van der Waals surface area (Å²) in [6, 6.07) is 10.7. The lowest BCUT2D eigenvalue weighted by Crippen LogP contribution is -2.27. The fourth-order valence-electron chi connectivity index (χ4n) is 2.76. The van der Waals surface area contributed by atoms with Gasteiger partial charge in [0.05, 0.1) is 21.8 Å². The lowest BCUT2D eigenvalue weighted by atomic mass is 10.1. The van der Waals surface area contributed by atoms with Crippen LogP contribution in [-0.2, 0) is 4.74 Å². The lowest BCUT2D eigenvalue weighted by molar-refractivity contribution is 0.0935. The van der Waals surface area contributed by atoms with Crippen LogP contribution in [0, 0.1) is 13.8 Å². The van der Waals surface area contributed by atoms with Crippen molar-refractivity contribution in [1.82, 2.24) is 10.3 Å². The number of fused-ring (bicyclic) bond motifs is 1. The number of nitrogens with zero attached hydrogens (tertiary/aromatic N) is 1. The molecule has 0 radical (unpaired) electrons. The van der Waals surface area contributed by atoms with Crippen molar-refractivity contribution in [1.29, 1.82) is 0 Å². The smallest absolute Gasteiger partial charge is 0.255 e. The number of carbonyl (C=O) groups is 2. The van der Waals surface area contributed by atoms with Crippen LogP contribution >= 0.6 is 11.3 Å². The average molecular weight is 383 g/mol. The molecule has 0 aliphatic carbocycles. The molecule has 2 N–H and O–H groups in total. The average Bonchev–Trinajstić information content (AvgIpc) is 3.02. The number of aryl methyl sites for hydroxylation is 1. The fourth-order valence-corrected chi connectivity index (χ4v) is 3.56. The number of aromatic nitrogens is 1. The number of anilines is 1. The van der Waals surface area contributed by atoms with Gasteiger partial charge >= 0.3 is 0 Å². The third-order valence-corrected chi connectivity index (χ3v) is 5.13. The summed E-state index contributed by atoms with van der Waals surface area (Å²) in [6.45, 7) is 4.63. The minimum atomic E-state index is -0.234. The highest BCUT2D eigenvalue weighted by molar-refractivity contribution is 7.18. The number of nitrogens with one attached hydrogen (secondary N) is 2. The van der Waals surface area contributed by atoms with Gasteiger partial charge in [0.1, 0.15) is 0 Å². The third kappa shape index (κ3) is 4.32. The predicted molar refractivity (Wildman–Crippen MR) is 108 cm³/mol. The fraction of sp³-hybridized carbons (Fsp3) is 0.250. The molecular weight excluding hydrogens is 362 g/mol. The maximum atomic E-state index is 12.7. The zero-order valence-electron chi connectivity index (χ0n) is 15.5. The second-order valence-corrected chi connectivity index (χ2v) is 7.33. The summed E-state index contributed by atoms with van der Waals surface area (Å²) in [5, 5.41) is 6.65. The van der Waals surface area contributed by atoms with Crippen molar-refractivity contribution in [2.24, 2.45) is 0 Å². The number of amides is 2. The number of carbonyl (C=O) groups excluding carboxylic acids is 2. The molecule has 0 aliphatic rings. The number of methoxy groups -OCH3 is 1. The van der Waals surface area contributed by atoms with E-state index in [2.05, 4.69) is 15.6 Å². The lowest BCUT2D eigenvalue weighted by Gasteiger charge is -2.13. The molecule has 0 bridgehead atoms. The van der Waals surface area contributed by atoms with Crippen molar-refractivity contribution in [2.75, 3.05) is 25.6 Å². The van der Waals surface area contributed by atoms with Gasteiger partial charge in [0.25, 0.3) is 11.8 Å². The molecular formula is C20H21N3O3S. The topological polar surface area (TPSA) is 80.3 Å². The standard InChI is InChI=1S/C20H21N3O3S/c1-12-15(20(25)21-9-10-26-3)5-4-6-16(12)23-19(24)14-7-8-18-17(11-14)22-13(2)27-18/h4-8,11H,9-10H2,1-3H3,(H,21,25)(H,23,24). The van der Waals surface area contributed by atoms with Gasteiger partial charge in [0.15, 0.2) is 0 Å². The molecule has 2 amide bonds. The van der Waals surface area contributed by atoms with Crippen molar-refractivity contribution < 1.29 is 14.3 Å². The number of thiazole rings is 1. The maximum Gasteiger partial charge on any atom is 0.255 e. The summed E-state index contributed by atoms with van der Waals surface area (Å²) in [4.78, 5) is 29.4. The Morgan fingerprint density at radius 2 is 1.96 bits per heavy atom. The Hall–Kier alpha value is -2.77. The van der Waals surface area contributed by atoms with Crippen LogP contribution in [-0.4, -0.2) is 37.1 Å². The van der Waals surface area contributed by atoms with E-state index in [0.29, 0.717) is 35.5 Å². The molecule has 3 rings (SSSR count). The third-order valence-electron chi connectivity index (χ3n) is 4.18. The van der Waals surface area contributed by atoms with Crippen LogP contribution < -0.4 is 10.6 Å². The first-order chi connectivity index (χ1) is 13.0. The van der Waals surface area contributed by atoms with Crippen LogP contribution in [0.2, 0.25) is 0 Å². The molecule has 0 spiro atoms. The van der Waals surface area contributed by atoms with E-state index in [1.807, 2.05) is 19.9 Å². The zero-order chi connectivity index (χ0) is 19.4. The molecule has 0 atom stereocenters. The van der Waals surface area contributed by atoms with Gasteiger partial charge in [-0.2, -0.15) is 0 Å². The highest BCUT2D eigenvalue weighted by atomic mass is 32.1. The first-order valence-electron chi connectivity index (χ1n) is 8.55. The van der Waals surface area contributed by atoms with E-state index >= 15 is 0 Å². The molecule has 2 aromatic carbocycles. The SMILES string of the molecule is COCCNC(=O)c1cccc(NC(=O)c2ccc3sc(C)nc3c2)c1C. The number of benzene rings is 2. The summed E-state index contributed by atoms with van der Waals surface area (Å²) in [5.41, 5.74) is 3.19. The van der Waals surface area contributed by atoms with Crippen LogP contribution in [0.15, 0.2) is 36.4 Å². The van der Waals surface area contributed by atoms with Crippen molar-refractivity contribution in [3.05, 3.63) is 58.1 Å². The molecule has 27 heavy (non-hydrogen) atoms. The van der Waals surface area contributed by atoms with E-state index < -0.39 is 0 Å². The van der Waals surface area contributed by atoms with Crippen molar-refractivity contribution in [2.45, 2.75) is 13.8 Å². The zero-order valence-corrected chi connectivity index (χ0v) is 16.3. The van der Waals surface area contributed by atoms with Gasteiger partial charge in [0.2, 0.25) is 0 Å². The van der Waals surface area contributed by atoms with Gasteiger partial charge in [-0.3, -0.25) is 9.59 Å². The Labute approximate surface area is 161 Å². The summed E-state index contributed by atoms with van der Waals surface area (Å²) < 4.78 is 5.99.